The van der Waals surface area contributed by atoms with E-state index in [-0.39, 0.29) is 11.1 Å². The lowest BCUT2D eigenvalue weighted by Crippen LogP contribution is -2.35. The first-order chi connectivity index (χ1) is 8.95. The Morgan fingerprint density at radius 1 is 1.42 bits per heavy atom. The van der Waals surface area contributed by atoms with E-state index in [4.69, 9.17) is 4.42 Å². The highest BCUT2D eigenvalue weighted by Gasteiger charge is 2.39. The van der Waals surface area contributed by atoms with Gasteiger partial charge in [0, 0.05) is 12.6 Å². The zero-order valence-corrected chi connectivity index (χ0v) is 12.5. The monoisotopic (exact) mass is 286 g/mol. The smallest absolute Gasteiger partial charge is 0.276 e. The number of furan rings is 1. The fourth-order valence-electron chi connectivity index (χ4n) is 2.05. The Balaban J connectivity index is 2.22. The molecule has 1 aromatic heterocycles. The number of nitrogens with one attached hydrogen (secondary N) is 1. The molecule has 1 aromatic rings. The Bertz CT molecular complexity index is 518. The highest BCUT2D eigenvalue weighted by atomic mass is 32.2. The van der Waals surface area contributed by atoms with Crippen LogP contribution >= 0.6 is 0 Å². The van der Waals surface area contributed by atoms with Crippen LogP contribution in [0, 0.1) is 5.92 Å². The molecule has 0 unspecified atom stereocenters. The summed E-state index contributed by atoms with van der Waals surface area (Å²) in [4.78, 5) is 0. The van der Waals surface area contributed by atoms with Crippen LogP contribution in [-0.2, 0) is 16.6 Å². The third-order valence-electron chi connectivity index (χ3n) is 3.05. The van der Waals surface area contributed by atoms with E-state index in [2.05, 4.69) is 5.32 Å². The summed E-state index contributed by atoms with van der Waals surface area (Å²) >= 11 is 0. The van der Waals surface area contributed by atoms with Crippen molar-refractivity contribution in [3.63, 3.8) is 0 Å². The minimum atomic E-state index is -3.49. The van der Waals surface area contributed by atoms with E-state index in [0.717, 1.165) is 12.8 Å². The van der Waals surface area contributed by atoms with Crippen molar-refractivity contribution >= 4 is 10.0 Å². The molecule has 0 amide bonds. The molecule has 0 atom stereocenters. The zero-order chi connectivity index (χ0) is 14.0. The lowest BCUT2D eigenvalue weighted by molar-refractivity contribution is 0.336. The van der Waals surface area contributed by atoms with Crippen LogP contribution in [0.15, 0.2) is 21.6 Å². The molecule has 6 heteroatoms. The van der Waals surface area contributed by atoms with E-state index in [1.54, 1.807) is 23.5 Å². The third kappa shape index (κ3) is 3.38. The average Bonchev–Trinajstić information content (AvgIpc) is 3.05. The fourth-order valence-corrected chi connectivity index (χ4v) is 3.83. The molecule has 19 heavy (non-hydrogen) atoms. The molecule has 0 saturated heterocycles. The van der Waals surface area contributed by atoms with Gasteiger partial charge in [-0.15, -0.1) is 0 Å². The van der Waals surface area contributed by atoms with Crippen molar-refractivity contribution in [1.29, 1.82) is 0 Å². The molecule has 1 saturated carbocycles. The number of sulfonamides is 1. The largest absolute Gasteiger partial charge is 0.447 e. The van der Waals surface area contributed by atoms with Gasteiger partial charge in [-0.05, 0) is 37.9 Å². The molecular weight excluding hydrogens is 264 g/mol. The first-order valence-electron chi connectivity index (χ1n) is 6.70. The normalized spacial score (nSPS) is 16.5. The van der Waals surface area contributed by atoms with Crippen LogP contribution in [0.4, 0.5) is 0 Å². The van der Waals surface area contributed by atoms with Gasteiger partial charge in [-0.25, -0.2) is 8.42 Å². The summed E-state index contributed by atoms with van der Waals surface area (Å²) in [5.74, 6) is 0.948. The molecule has 1 aliphatic carbocycles. The Morgan fingerprint density at radius 3 is 2.63 bits per heavy atom. The SMILES string of the molecule is CNCc1ccc(S(=O)(=O)N(CC(C)C)C2CC2)o1. The maximum atomic E-state index is 12.6. The molecule has 2 rings (SSSR count). The lowest BCUT2D eigenvalue weighted by Gasteiger charge is -2.22. The van der Waals surface area contributed by atoms with Gasteiger partial charge in [-0.3, -0.25) is 0 Å². The molecule has 108 valence electrons. The van der Waals surface area contributed by atoms with Crippen LogP contribution in [0.25, 0.3) is 0 Å². The van der Waals surface area contributed by atoms with E-state index in [9.17, 15) is 8.42 Å². The summed E-state index contributed by atoms with van der Waals surface area (Å²) in [5, 5.41) is 3.00. The Hall–Kier alpha value is -0.850. The van der Waals surface area contributed by atoms with Gasteiger partial charge in [0.15, 0.2) is 0 Å². The second-order valence-corrected chi connectivity index (χ2v) is 7.27. The van der Waals surface area contributed by atoms with E-state index < -0.39 is 10.0 Å². The molecule has 0 aliphatic heterocycles. The van der Waals surface area contributed by atoms with E-state index in [0.29, 0.717) is 24.8 Å². The summed E-state index contributed by atoms with van der Waals surface area (Å²) in [6.07, 6.45) is 1.91. The van der Waals surface area contributed by atoms with Gasteiger partial charge in [-0.1, -0.05) is 13.8 Å². The van der Waals surface area contributed by atoms with Crippen molar-refractivity contribution in [2.75, 3.05) is 13.6 Å². The third-order valence-corrected chi connectivity index (χ3v) is 4.84. The second-order valence-electron chi connectivity index (χ2n) is 5.45. The van der Waals surface area contributed by atoms with Crippen molar-refractivity contribution < 1.29 is 12.8 Å². The van der Waals surface area contributed by atoms with Crippen molar-refractivity contribution in [3.8, 4) is 0 Å². The molecular formula is C13H22N2O3S. The highest BCUT2D eigenvalue weighted by molar-refractivity contribution is 7.89. The zero-order valence-electron chi connectivity index (χ0n) is 11.7. The van der Waals surface area contributed by atoms with Gasteiger partial charge in [0.05, 0.1) is 6.54 Å². The van der Waals surface area contributed by atoms with E-state index in [1.165, 1.54) is 0 Å². The van der Waals surface area contributed by atoms with Gasteiger partial charge in [0.1, 0.15) is 5.76 Å². The summed E-state index contributed by atoms with van der Waals surface area (Å²) in [6.45, 7) is 5.14. The van der Waals surface area contributed by atoms with Gasteiger partial charge in [0.25, 0.3) is 10.0 Å². The number of hydrogen-bond donors (Lipinski definition) is 1. The average molecular weight is 286 g/mol. The predicted molar refractivity (Wildman–Crippen MR) is 73.2 cm³/mol. The van der Waals surface area contributed by atoms with Gasteiger partial charge in [-0.2, -0.15) is 4.31 Å². The van der Waals surface area contributed by atoms with Gasteiger partial charge < -0.3 is 9.73 Å². The maximum absolute atomic E-state index is 12.6. The molecule has 0 spiro atoms. The van der Waals surface area contributed by atoms with Crippen molar-refractivity contribution in [2.24, 2.45) is 5.92 Å². The lowest BCUT2D eigenvalue weighted by atomic mass is 10.2. The summed E-state index contributed by atoms with van der Waals surface area (Å²) < 4.78 is 32.2. The van der Waals surface area contributed by atoms with Gasteiger partial charge in [0.2, 0.25) is 5.09 Å². The minimum Gasteiger partial charge on any atom is -0.447 e. The maximum Gasteiger partial charge on any atom is 0.276 e. The Morgan fingerprint density at radius 2 is 2.11 bits per heavy atom. The number of hydrogen-bond acceptors (Lipinski definition) is 4. The summed E-state index contributed by atoms with van der Waals surface area (Å²) in [6, 6.07) is 3.42. The first kappa shape index (κ1) is 14.6. The van der Waals surface area contributed by atoms with E-state index >= 15 is 0 Å². The minimum absolute atomic E-state index is 0.0605. The molecule has 0 aromatic carbocycles. The molecule has 1 fully saturated rings. The standard InChI is InChI=1S/C13H22N2O3S/c1-10(2)9-15(11-4-5-11)19(16,17)13-7-6-12(18-13)8-14-3/h6-7,10-11,14H,4-5,8-9H2,1-3H3. The highest BCUT2D eigenvalue weighted by Crippen LogP contribution is 2.33. The predicted octanol–water partition coefficient (Wildman–Crippen LogP) is 1.81. The first-order valence-corrected chi connectivity index (χ1v) is 8.14. The van der Waals surface area contributed by atoms with Crippen LogP contribution in [0.2, 0.25) is 0 Å². The summed E-state index contributed by atoms with van der Waals surface area (Å²) in [7, 11) is -1.69. The van der Waals surface area contributed by atoms with Gasteiger partial charge >= 0.3 is 0 Å². The molecule has 1 N–H and O–H groups in total. The molecule has 0 radical (unpaired) electrons. The fraction of sp³-hybridized carbons (Fsp3) is 0.692. The van der Waals surface area contributed by atoms with Crippen LogP contribution in [0.3, 0.4) is 0 Å². The molecule has 1 aliphatic rings. The van der Waals surface area contributed by atoms with Crippen molar-refractivity contribution in [3.05, 3.63) is 17.9 Å². The van der Waals surface area contributed by atoms with Crippen LogP contribution < -0.4 is 5.32 Å². The number of nitrogens with zero attached hydrogens (tertiary/aromatic N) is 1. The second kappa shape index (κ2) is 5.64. The topological polar surface area (TPSA) is 62.6 Å². The van der Waals surface area contributed by atoms with Crippen LogP contribution in [0.5, 0.6) is 0 Å². The van der Waals surface area contributed by atoms with E-state index in [1.807, 2.05) is 13.8 Å². The molecule has 1 heterocycles. The molecule has 5 nitrogen and oxygen atoms in total. The Labute approximate surface area is 115 Å². The number of rotatable bonds is 7. The molecule has 0 bridgehead atoms. The van der Waals surface area contributed by atoms with Crippen molar-refractivity contribution in [1.82, 2.24) is 9.62 Å². The quantitative estimate of drug-likeness (QED) is 0.830. The van der Waals surface area contributed by atoms with Crippen molar-refractivity contribution in [2.45, 2.75) is 44.4 Å². The van der Waals surface area contributed by atoms with Crippen LogP contribution in [0.1, 0.15) is 32.4 Å². The summed E-state index contributed by atoms with van der Waals surface area (Å²) in [5.41, 5.74) is 0. The van der Waals surface area contributed by atoms with Crippen LogP contribution in [-0.4, -0.2) is 32.4 Å². The Kier molecular flexibility index (Phi) is 4.32.